The van der Waals surface area contributed by atoms with Crippen LogP contribution in [0.1, 0.15) is 54.7 Å². The third kappa shape index (κ3) is 9.02. The van der Waals surface area contributed by atoms with Gasteiger partial charge in [0.15, 0.2) is 18.3 Å². The summed E-state index contributed by atoms with van der Waals surface area (Å²) in [4.78, 5) is 41.8. The van der Waals surface area contributed by atoms with Crippen LogP contribution in [0.2, 0.25) is 0 Å². The van der Waals surface area contributed by atoms with Gasteiger partial charge in [-0.15, -0.1) is 11.8 Å². The van der Waals surface area contributed by atoms with Crippen LogP contribution in [0.3, 0.4) is 0 Å². The zero-order chi connectivity index (χ0) is 39.5. The van der Waals surface area contributed by atoms with Crippen molar-refractivity contribution in [2.75, 3.05) is 12.4 Å². The van der Waals surface area contributed by atoms with E-state index < -0.39 is 53.4 Å². The fourth-order valence-corrected chi connectivity index (χ4v) is 7.94. The average Bonchev–Trinajstić information content (AvgIpc) is 3.28. The molecule has 5 atom stereocenters. The van der Waals surface area contributed by atoms with Crippen LogP contribution in [0.5, 0.6) is 0 Å². The van der Waals surface area contributed by atoms with Crippen molar-refractivity contribution in [3.05, 3.63) is 215 Å². The lowest BCUT2D eigenvalue weighted by atomic mass is 9.80. The van der Waals surface area contributed by atoms with Crippen LogP contribution in [-0.2, 0) is 29.3 Å². The molecule has 0 spiro atoms. The molecule has 0 unspecified atom stereocenters. The van der Waals surface area contributed by atoms with E-state index >= 15 is 0 Å². The minimum absolute atomic E-state index is 0.134. The van der Waals surface area contributed by atoms with E-state index in [2.05, 4.69) is 0 Å². The molecular weight excluding hydrogens is 737 g/mol. The molecule has 0 amide bonds. The lowest BCUT2D eigenvalue weighted by Crippen LogP contribution is -2.62. The van der Waals surface area contributed by atoms with E-state index in [0.717, 1.165) is 16.7 Å². The number of benzene rings is 6. The Morgan fingerprint density at radius 1 is 0.491 bits per heavy atom. The summed E-state index contributed by atoms with van der Waals surface area (Å²) in [6.07, 6.45) is -4.82. The monoisotopic (exact) mass is 778 g/mol. The van der Waals surface area contributed by atoms with E-state index in [1.165, 1.54) is 11.8 Å². The maximum atomic E-state index is 14.0. The normalized spacial score (nSPS) is 19.2. The molecule has 57 heavy (non-hydrogen) atoms. The summed E-state index contributed by atoms with van der Waals surface area (Å²) in [7, 11) is 0. The van der Waals surface area contributed by atoms with E-state index in [-0.39, 0.29) is 17.7 Å². The summed E-state index contributed by atoms with van der Waals surface area (Å²) in [6.45, 7) is 1.82. The highest BCUT2D eigenvalue weighted by Gasteiger charge is 2.53. The van der Waals surface area contributed by atoms with Crippen molar-refractivity contribution in [2.45, 2.75) is 42.4 Å². The van der Waals surface area contributed by atoms with Gasteiger partial charge in [0, 0.05) is 0 Å². The molecule has 1 heterocycles. The van der Waals surface area contributed by atoms with Crippen molar-refractivity contribution < 1.29 is 38.1 Å². The summed E-state index contributed by atoms with van der Waals surface area (Å²) in [5.74, 6) is -1.44. The Hall–Kier alpha value is -6.00. The van der Waals surface area contributed by atoms with E-state index in [1.54, 1.807) is 91.0 Å². The van der Waals surface area contributed by atoms with Crippen LogP contribution < -0.4 is 0 Å². The molecule has 7 rings (SSSR count). The van der Waals surface area contributed by atoms with E-state index in [9.17, 15) is 14.4 Å². The van der Waals surface area contributed by atoms with Crippen molar-refractivity contribution >= 4 is 29.7 Å². The zero-order valence-electron chi connectivity index (χ0n) is 31.3. The van der Waals surface area contributed by atoms with Crippen molar-refractivity contribution in [1.29, 1.82) is 0 Å². The van der Waals surface area contributed by atoms with Gasteiger partial charge < -0.3 is 23.7 Å². The standard InChI is InChI=1S/C48H42O8S/c1-2-57-47-43(56-46(51)36-25-13-5-14-26-36)42(55-45(50)35-23-11-4-12-24-35)41(54-44(49)34-21-9-3-10-22-34)40(53-47)33-52-48(37-27-15-6-16-28-37,38-29-17-7-18-30-38)39-31-19-8-20-32-39/h3-32,40-43,47H,2,33H2,1H3/t40-,41-,42+,43-,47+/m1/s1. The van der Waals surface area contributed by atoms with Gasteiger partial charge in [-0.2, -0.15) is 0 Å². The van der Waals surface area contributed by atoms with Crippen LogP contribution in [-0.4, -0.2) is 60.1 Å². The van der Waals surface area contributed by atoms with E-state index in [4.69, 9.17) is 23.7 Å². The van der Waals surface area contributed by atoms with Gasteiger partial charge in [0.2, 0.25) is 0 Å². The summed E-state index contributed by atoms with van der Waals surface area (Å²) in [6, 6.07) is 55.2. The second kappa shape index (κ2) is 18.8. The van der Waals surface area contributed by atoms with E-state index in [1.807, 2.05) is 97.9 Å². The van der Waals surface area contributed by atoms with Crippen molar-refractivity contribution in [1.82, 2.24) is 0 Å². The number of hydrogen-bond donors (Lipinski definition) is 0. The number of ether oxygens (including phenoxy) is 5. The smallest absolute Gasteiger partial charge is 0.338 e. The van der Waals surface area contributed by atoms with Gasteiger partial charge in [0.25, 0.3) is 0 Å². The molecule has 0 N–H and O–H groups in total. The topological polar surface area (TPSA) is 97.4 Å². The molecule has 6 aromatic carbocycles. The average molecular weight is 779 g/mol. The number of rotatable bonds is 14. The summed E-state index contributed by atoms with van der Waals surface area (Å²) < 4.78 is 32.9. The van der Waals surface area contributed by atoms with Crippen molar-refractivity contribution in [2.24, 2.45) is 0 Å². The second-order valence-corrected chi connectivity index (χ2v) is 14.7. The summed E-state index contributed by atoms with van der Waals surface area (Å²) in [5, 5.41) is 0. The number of carbonyl (C=O) groups excluding carboxylic acids is 3. The molecule has 1 saturated heterocycles. The number of hydrogen-bond acceptors (Lipinski definition) is 9. The molecule has 1 aliphatic heterocycles. The van der Waals surface area contributed by atoms with Gasteiger partial charge in [0.05, 0.1) is 23.3 Å². The Kier molecular flexibility index (Phi) is 12.9. The van der Waals surface area contributed by atoms with Gasteiger partial charge in [-0.25, -0.2) is 14.4 Å². The fraction of sp³-hybridized carbons (Fsp3) is 0.188. The van der Waals surface area contributed by atoms with Crippen molar-refractivity contribution in [3.63, 3.8) is 0 Å². The Morgan fingerprint density at radius 2 is 0.825 bits per heavy atom. The molecule has 0 saturated carbocycles. The molecular formula is C48H42O8S. The van der Waals surface area contributed by atoms with Gasteiger partial charge in [0.1, 0.15) is 17.1 Å². The maximum absolute atomic E-state index is 14.0. The van der Waals surface area contributed by atoms with Crippen LogP contribution in [0.15, 0.2) is 182 Å². The van der Waals surface area contributed by atoms with Crippen LogP contribution in [0.25, 0.3) is 0 Å². The second-order valence-electron chi connectivity index (χ2n) is 13.3. The Morgan fingerprint density at radius 3 is 1.19 bits per heavy atom. The predicted octanol–water partition coefficient (Wildman–Crippen LogP) is 9.15. The van der Waals surface area contributed by atoms with Crippen molar-refractivity contribution in [3.8, 4) is 0 Å². The first-order valence-corrected chi connectivity index (χ1v) is 19.9. The number of esters is 3. The van der Waals surface area contributed by atoms with Crippen LogP contribution >= 0.6 is 11.8 Å². The Bertz CT molecular complexity index is 2090. The Labute approximate surface area is 336 Å². The number of thioether (sulfide) groups is 1. The molecule has 0 radical (unpaired) electrons. The summed E-state index contributed by atoms with van der Waals surface area (Å²) >= 11 is 1.38. The first-order valence-electron chi connectivity index (χ1n) is 18.8. The SMILES string of the molecule is CCS[C@@H]1O[C@H](COC(c2ccccc2)(c2ccccc2)c2ccccc2)[C@@H](OC(=O)c2ccccc2)[C@H](OC(=O)c2ccccc2)[C@H]1OC(=O)c1ccccc1. The predicted molar refractivity (Wildman–Crippen MR) is 219 cm³/mol. The highest BCUT2D eigenvalue weighted by atomic mass is 32.2. The Balaban J connectivity index is 1.34. The minimum Gasteiger partial charge on any atom is -0.452 e. The fourth-order valence-electron chi connectivity index (χ4n) is 6.99. The first kappa shape index (κ1) is 39.2. The maximum Gasteiger partial charge on any atom is 0.338 e. The van der Waals surface area contributed by atoms with Gasteiger partial charge >= 0.3 is 17.9 Å². The van der Waals surface area contributed by atoms with Gasteiger partial charge in [-0.3, -0.25) is 0 Å². The molecule has 0 bridgehead atoms. The van der Waals surface area contributed by atoms with Gasteiger partial charge in [-0.05, 0) is 58.8 Å². The molecule has 0 aromatic heterocycles. The zero-order valence-corrected chi connectivity index (χ0v) is 32.1. The van der Waals surface area contributed by atoms with E-state index in [0.29, 0.717) is 11.3 Å². The molecule has 1 fully saturated rings. The first-order chi connectivity index (χ1) is 28.0. The molecule has 6 aromatic rings. The third-order valence-corrected chi connectivity index (χ3v) is 10.7. The lowest BCUT2D eigenvalue weighted by Gasteiger charge is -2.45. The quantitative estimate of drug-likeness (QED) is 0.0610. The molecule has 1 aliphatic rings. The summed E-state index contributed by atoms with van der Waals surface area (Å²) in [5.41, 5.74) is 1.42. The van der Waals surface area contributed by atoms with Crippen LogP contribution in [0, 0.1) is 0 Å². The highest BCUT2D eigenvalue weighted by Crippen LogP contribution is 2.42. The largest absolute Gasteiger partial charge is 0.452 e. The van der Waals surface area contributed by atoms with Crippen LogP contribution in [0.4, 0.5) is 0 Å². The highest BCUT2D eigenvalue weighted by molar-refractivity contribution is 7.99. The van der Waals surface area contributed by atoms with Gasteiger partial charge in [-0.1, -0.05) is 153 Å². The minimum atomic E-state index is -1.32. The molecule has 288 valence electrons. The molecule has 9 heteroatoms. The number of carbonyl (C=O) groups is 3. The molecule has 0 aliphatic carbocycles. The molecule has 8 nitrogen and oxygen atoms in total. The lowest BCUT2D eigenvalue weighted by molar-refractivity contribution is -0.216. The third-order valence-electron chi connectivity index (χ3n) is 9.69.